The van der Waals surface area contributed by atoms with Crippen LogP contribution in [0.25, 0.3) is 10.2 Å². The van der Waals surface area contributed by atoms with Crippen molar-refractivity contribution in [2.75, 3.05) is 13.2 Å². The fourth-order valence-corrected chi connectivity index (χ4v) is 6.61. The third-order valence-corrected chi connectivity index (χ3v) is 8.70. The van der Waals surface area contributed by atoms with Crippen LogP contribution in [0.3, 0.4) is 0 Å². The van der Waals surface area contributed by atoms with E-state index >= 15 is 0 Å². The number of thiazole rings is 1. The minimum Gasteiger partial charge on any atom is -0.462 e. The fourth-order valence-electron chi connectivity index (χ4n) is 3.77. The van der Waals surface area contributed by atoms with Crippen molar-refractivity contribution in [3.63, 3.8) is 0 Å². The highest BCUT2D eigenvalue weighted by molar-refractivity contribution is 7.89. The Kier molecular flexibility index (Phi) is 6.71. The second-order valence-electron chi connectivity index (χ2n) is 7.52. The summed E-state index contributed by atoms with van der Waals surface area (Å²) in [6.07, 6.45) is 0.969. The Morgan fingerprint density at radius 1 is 1.21 bits per heavy atom. The van der Waals surface area contributed by atoms with Gasteiger partial charge in [0.1, 0.15) is 6.04 Å². The Labute approximate surface area is 200 Å². The maximum atomic E-state index is 13.1. The Morgan fingerprint density at radius 2 is 1.94 bits per heavy atom. The molecule has 0 spiro atoms. The molecule has 0 aliphatic carbocycles. The van der Waals surface area contributed by atoms with E-state index in [1.165, 1.54) is 39.9 Å². The Bertz CT molecular complexity index is 1390. The molecule has 1 fully saturated rings. The Hall–Kier alpha value is -2.53. The third kappa shape index (κ3) is 4.61. The first-order valence-corrected chi connectivity index (χ1v) is 13.0. The predicted octanol–water partition coefficient (Wildman–Crippen LogP) is 3.35. The van der Waals surface area contributed by atoms with E-state index in [9.17, 15) is 18.0 Å². The van der Waals surface area contributed by atoms with Crippen molar-refractivity contribution in [3.05, 3.63) is 57.9 Å². The van der Waals surface area contributed by atoms with Gasteiger partial charge in [-0.05, 0) is 62.2 Å². The van der Waals surface area contributed by atoms with Crippen molar-refractivity contribution in [3.8, 4) is 0 Å². The lowest BCUT2D eigenvalue weighted by Crippen LogP contribution is -2.40. The molecule has 1 aliphatic heterocycles. The number of carbonyl (C=O) groups is 2. The van der Waals surface area contributed by atoms with E-state index in [2.05, 4.69) is 4.99 Å². The van der Waals surface area contributed by atoms with Crippen LogP contribution in [0, 0.1) is 0 Å². The minimum atomic E-state index is -3.86. The van der Waals surface area contributed by atoms with E-state index in [1.54, 1.807) is 36.7 Å². The molecule has 33 heavy (non-hydrogen) atoms. The van der Waals surface area contributed by atoms with Gasteiger partial charge in [0.15, 0.2) is 4.80 Å². The summed E-state index contributed by atoms with van der Waals surface area (Å²) >= 11 is 7.13. The standard InChI is InChI=1S/C22H22ClN3O5S2/c1-3-31-21(28)14-6-11-17-19(13-14)32-22(25(17)2)24-20(27)18-5-4-12-26(18)33(29,30)16-9-7-15(23)8-10-16/h6-11,13,18H,3-5,12H2,1-2H3. The predicted molar refractivity (Wildman–Crippen MR) is 126 cm³/mol. The molecule has 0 N–H and O–H groups in total. The number of halogens is 1. The second-order valence-corrected chi connectivity index (χ2v) is 10.9. The van der Waals surface area contributed by atoms with Crippen LogP contribution >= 0.6 is 22.9 Å². The molecule has 11 heteroatoms. The van der Waals surface area contributed by atoms with Crippen LogP contribution in [-0.2, 0) is 26.6 Å². The van der Waals surface area contributed by atoms with Crippen LogP contribution in [0.2, 0.25) is 5.02 Å². The van der Waals surface area contributed by atoms with Crippen molar-refractivity contribution >= 4 is 55.1 Å². The normalized spacial score (nSPS) is 17.5. The zero-order chi connectivity index (χ0) is 23.8. The van der Waals surface area contributed by atoms with E-state index in [-0.39, 0.29) is 18.0 Å². The number of amides is 1. The maximum Gasteiger partial charge on any atom is 0.338 e. The quantitative estimate of drug-likeness (QED) is 0.493. The number of hydrogen-bond acceptors (Lipinski definition) is 6. The molecule has 0 radical (unpaired) electrons. The summed E-state index contributed by atoms with van der Waals surface area (Å²) in [5.74, 6) is -0.933. The largest absolute Gasteiger partial charge is 0.462 e. The van der Waals surface area contributed by atoms with Gasteiger partial charge in [-0.2, -0.15) is 9.30 Å². The molecule has 1 atom stereocenters. The summed E-state index contributed by atoms with van der Waals surface area (Å²) in [5, 5.41) is 0.432. The Morgan fingerprint density at radius 3 is 2.64 bits per heavy atom. The topological polar surface area (TPSA) is 98.0 Å². The number of aryl methyl sites for hydroxylation is 1. The van der Waals surface area contributed by atoms with Crippen molar-refractivity contribution < 1.29 is 22.7 Å². The van der Waals surface area contributed by atoms with Gasteiger partial charge in [0.05, 0.1) is 27.3 Å². The van der Waals surface area contributed by atoms with Crippen molar-refractivity contribution in [2.24, 2.45) is 12.0 Å². The molecule has 3 aromatic rings. The molecule has 1 saturated heterocycles. The first-order chi connectivity index (χ1) is 15.7. The molecule has 1 amide bonds. The highest BCUT2D eigenvalue weighted by Crippen LogP contribution is 2.28. The van der Waals surface area contributed by atoms with Gasteiger partial charge >= 0.3 is 5.97 Å². The zero-order valence-corrected chi connectivity index (χ0v) is 20.4. The van der Waals surface area contributed by atoms with Gasteiger partial charge in [-0.25, -0.2) is 13.2 Å². The zero-order valence-electron chi connectivity index (χ0n) is 18.0. The molecule has 174 valence electrons. The van der Waals surface area contributed by atoms with Crippen LogP contribution < -0.4 is 4.80 Å². The molecule has 1 aliphatic rings. The second kappa shape index (κ2) is 9.38. The molecule has 1 unspecified atom stereocenters. The SMILES string of the molecule is CCOC(=O)c1ccc2c(c1)sc(=NC(=O)C1CCCN1S(=O)(=O)c1ccc(Cl)cc1)n2C. The van der Waals surface area contributed by atoms with E-state index < -0.39 is 27.9 Å². The Balaban J connectivity index is 1.66. The van der Waals surface area contributed by atoms with Crippen LogP contribution in [0.5, 0.6) is 0 Å². The van der Waals surface area contributed by atoms with Crippen molar-refractivity contribution in [1.82, 2.24) is 8.87 Å². The van der Waals surface area contributed by atoms with E-state index in [0.717, 1.165) is 10.2 Å². The van der Waals surface area contributed by atoms with Gasteiger partial charge in [-0.1, -0.05) is 22.9 Å². The summed E-state index contributed by atoms with van der Waals surface area (Å²) in [6.45, 7) is 2.27. The number of rotatable bonds is 5. The number of carbonyl (C=O) groups excluding carboxylic acids is 2. The van der Waals surface area contributed by atoms with Gasteiger partial charge in [0.2, 0.25) is 10.0 Å². The van der Waals surface area contributed by atoms with Crippen LogP contribution in [0.4, 0.5) is 0 Å². The number of aromatic nitrogens is 1. The fraction of sp³-hybridized carbons (Fsp3) is 0.318. The summed E-state index contributed by atoms with van der Waals surface area (Å²) in [4.78, 5) is 29.9. The lowest BCUT2D eigenvalue weighted by molar-refractivity contribution is -0.121. The van der Waals surface area contributed by atoms with Gasteiger partial charge in [-0.3, -0.25) is 4.79 Å². The van der Waals surface area contributed by atoms with Crippen molar-refractivity contribution in [1.29, 1.82) is 0 Å². The summed E-state index contributed by atoms with van der Waals surface area (Å²) in [6, 6.07) is 10.1. The summed E-state index contributed by atoms with van der Waals surface area (Å²) < 4.78 is 35.0. The lowest BCUT2D eigenvalue weighted by Gasteiger charge is -2.21. The molecule has 1 aromatic heterocycles. The number of hydrogen-bond donors (Lipinski definition) is 0. The van der Waals surface area contributed by atoms with Gasteiger partial charge < -0.3 is 9.30 Å². The molecule has 0 saturated carbocycles. The van der Waals surface area contributed by atoms with Crippen LogP contribution in [0.15, 0.2) is 52.4 Å². The number of benzene rings is 2. The maximum absolute atomic E-state index is 13.1. The third-order valence-electron chi connectivity index (χ3n) is 5.44. The van der Waals surface area contributed by atoms with Crippen molar-refractivity contribution in [2.45, 2.75) is 30.7 Å². The van der Waals surface area contributed by atoms with Gasteiger partial charge in [0.25, 0.3) is 5.91 Å². The van der Waals surface area contributed by atoms with Crippen LogP contribution in [-0.4, -0.2) is 48.4 Å². The smallest absolute Gasteiger partial charge is 0.338 e. The molecule has 8 nitrogen and oxygen atoms in total. The van der Waals surface area contributed by atoms with Gasteiger partial charge in [0, 0.05) is 18.6 Å². The molecule has 2 aromatic carbocycles. The first-order valence-electron chi connectivity index (χ1n) is 10.3. The molecular weight excluding hydrogens is 486 g/mol. The molecule has 2 heterocycles. The van der Waals surface area contributed by atoms with Crippen LogP contribution in [0.1, 0.15) is 30.1 Å². The van der Waals surface area contributed by atoms with E-state index in [0.29, 0.717) is 28.2 Å². The molecular formula is C22H22ClN3O5S2. The molecule has 4 rings (SSSR count). The highest BCUT2D eigenvalue weighted by atomic mass is 35.5. The number of sulfonamides is 1. The monoisotopic (exact) mass is 507 g/mol. The number of ether oxygens (including phenoxy) is 1. The first kappa shape index (κ1) is 23.6. The number of fused-ring (bicyclic) bond motifs is 1. The number of esters is 1. The lowest BCUT2D eigenvalue weighted by atomic mass is 10.2. The van der Waals surface area contributed by atoms with E-state index in [1.807, 2.05) is 0 Å². The van der Waals surface area contributed by atoms with Gasteiger partial charge in [-0.15, -0.1) is 0 Å². The summed E-state index contributed by atoms with van der Waals surface area (Å²) in [7, 11) is -2.09. The number of nitrogens with zero attached hydrogens (tertiary/aromatic N) is 3. The molecule has 0 bridgehead atoms. The average Bonchev–Trinajstić information content (AvgIpc) is 3.40. The minimum absolute atomic E-state index is 0.0884. The average molecular weight is 508 g/mol. The summed E-state index contributed by atoms with van der Waals surface area (Å²) in [5.41, 5.74) is 1.22. The highest BCUT2D eigenvalue weighted by Gasteiger charge is 2.39. The van der Waals surface area contributed by atoms with E-state index in [4.69, 9.17) is 16.3 Å².